The topological polar surface area (TPSA) is 38.7 Å². The van der Waals surface area contributed by atoms with E-state index in [9.17, 15) is 0 Å². The Labute approximate surface area is 305 Å². The van der Waals surface area contributed by atoms with E-state index in [0.717, 1.165) is 33.0 Å². The molecule has 0 atom stereocenters. The summed E-state index contributed by atoms with van der Waals surface area (Å²) in [6, 6.07) is 55.8. The van der Waals surface area contributed by atoms with Crippen LogP contribution in [0.3, 0.4) is 0 Å². The van der Waals surface area contributed by atoms with Crippen molar-refractivity contribution < 1.29 is 0 Å². The molecule has 2 aromatic heterocycles. The second-order valence-electron chi connectivity index (χ2n) is 13.3. The third kappa shape index (κ3) is 4.91. The predicted molar refractivity (Wildman–Crippen MR) is 220 cm³/mol. The molecule has 0 saturated heterocycles. The molecular weight excluding hydrogens is 651 g/mol. The second kappa shape index (κ2) is 12.1. The van der Waals surface area contributed by atoms with E-state index in [0.29, 0.717) is 17.5 Å². The molecule has 52 heavy (non-hydrogen) atoms. The highest BCUT2D eigenvalue weighted by Gasteiger charge is 2.21. The maximum absolute atomic E-state index is 5.17. The fraction of sp³-hybridized carbons (Fsp3) is 0.0208. The van der Waals surface area contributed by atoms with Gasteiger partial charge in [-0.15, -0.1) is 11.3 Å². The first-order chi connectivity index (χ1) is 25.6. The lowest BCUT2D eigenvalue weighted by Gasteiger charge is -2.15. The average Bonchev–Trinajstić information content (AvgIpc) is 3.59. The molecule has 0 amide bonds. The van der Waals surface area contributed by atoms with Crippen molar-refractivity contribution >= 4 is 59.6 Å². The Hall–Kier alpha value is -6.49. The quantitative estimate of drug-likeness (QED) is 0.181. The second-order valence-corrected chi connectivity index (χ2v) is 14.4. The van der Waals surface area contributed by atoms with Crippen LogP contribution < -0.4 is 5.22 Å². The van der Waals surface area contributed by atoms with Crippen LogP contribution in [-0.4, -0.2) is 15.0 Å². The van der Waals surface area contributed by atoms with E-state index in [2.05, 4.69) is 135 Å². The average molecular weight is 682 g/mol. The third-order valence-electron chi connectivity index (χ3n) is 10.2. The van der Waals surface area contributed by atoms with Gasteiger partial charge in [-0.1, -0.05) is 146 Å². The molecule has 0 aliphatic heterocycles. The molecule has 0 N–H and O–H groups in total. The van der Waals surface area contributed by atoms with Crippen molar-refractivity contribution in [3.05, 3.63) is 169 Å². The Morgan fingerprint density at radius 2 is 1.04 bits per heavy atom. The summed E-state index contributed by atoms with van der Waals surface area (Å²) < 4.78 is 2.49. The first-order valence-corrected chi connectivity index (χ1v) is 18.3. The molecule has 0 radical (unpaired) electrons. The number of hydrogen-bond donors (Lipinski definition) is 0. The number of aromatic nitrogens is 3. The molecule has 244 valence electrons. The Morgan fingerprint density at radius 3 is 1.77 bits per heavy atom. The van der Waals surface area contributed by atoms with Gasteiger partial charge in [0.1, 0.15) is 0 Å². The minimum atomic E-state index is 0.649. The molecule has 0 bridgehead atoms. The summed E-state index contributed by atoms with van der Waals surface area (Å²) in [4.78, 5) is 15.3. The van der Waals surface area contributed by atoms with Gasteiger partial charge >= 0.3 is 0 Å². The van der Waals surface area contributed by atoms with Crippen molar-refractivity contribution in [3.8, 4) is 56.4 Å². The number of fused-ring (bicyclic) bond motifs is 3. The molecule has 10 rings (SSSR count). The summed E-state index contributed by atoms with van der Waals surface area (Å²) >= 11 is 1.82. The summed E-state index contributed by atoms with van der Waals surface area (Å²) in [6.45, 7) is 6.54. The van der Waals surface area contributed by atoms with Crippen LogP contribution in [0.5, 0.6) is 0 Å². The summed E-state index contributed by atoms with van der Waals surface area (Å²) in [5, 5.41) is 8.53. The van der Waals surface area contributed by atoms with Gasteiger partial charge in [0, 0.05) is 42.4 Å². The van der Waals surface area contributed by atoms with Gasteiger partial charge in [0.15, 0.2) is 17.5 Å². The lowest BCUT2D eigenvalue weighted by Crippen LogP contribution is -2.01. The number of aryl methyl sites for hydroxylation is 1. The largest absolute Gasteiger partial charge is 0.208 e. The van der Waals surface area contributed by atoms with E-state index in [-0.39, 0.29) is 0 Å². The molecule has 8 aromatic carbocycles. The van der Waals surface area contributed by atoms with Crippen molar-refractivity contribution in [2.24, 2.45) is 0 Å². The van der Waals surface area contributed by atoms with Gasteiger partial charge in [-0.25, -0.2) is 15.0 Å². The highest BCUT2D eigenvalue weighted by molar-refractivity contribution is 7.26. The molecule has 0 aliphatic carbocycles. The minimum Gasteiger partial charge on any atom is -0.208 e. The van der Waals surface area contributed by atoms with Gasteiger partial charge in [-0.3, -0.25) is 0 Å². The van der Waals surface area contributed by atoms with E-state index in [4.69, 9.17) is 15.0 Å². The van der Waals surface area contributed by atoms with Gasteiger partial charge in [-0.05, 0) is 74.1 Å². The minimum absolute atomic E-state index is 0.649. The van der Waals surface area contributed by atoms with Crippen molar-refractivity contribution in [1.82, 2.24) is 15.0 Å². The Bertz CT molecular complexity index is 2960. The third-order valence-corrected chi connectivity index (χ3v) is 11.3. The van der Waals surface area contributed by atoms with Crippen molar-refractivity contribution in [2.75, 3.05) is 0 Å². The van der Waals surface area contributed by atoms with Crippen LogP contribution in [0.4, 0.5) is 0 Å². The van der Waals surface area contributed by atoms with E-state index < -0.39 is 0 Å². The molecule has 4 heteroatoms. The van der Waals surface area contributed by atoms with Crippen LogP contribution in [0.1, 0.15) is 5.56 Å². The first kappa shape index (κ1) is 30.3. The van der Waals surface area contributed by atoms with Crippen LogP contribution in [0.15, 0.2) is 158 Å². The molecule has 0 spiro atoms. The van der Waals surface area contributed by atoms with E-state index >= 15 is 0 Å². The molecule has 2 heterocycles. The summed E-state index contributed by atoms with van der Waals surface area (Å²) in [7, 11) is 0. The van der Waals surface area contributed by atoms with Crippen LogP contribution in [-0.2, 0) is 0 Å². The molecule has 0 fully saturated rings. The Balaban J connectivity index is 1.21. The molecule has 10 aromatic rings. The van der Waals surface area contributed by atoms with Gasteiger partial charge in [0.25, 0.3) is 0 Å². The van der Waals surface area contributed by atoms with Crippen molar-refractivity contribution in [3.63, 3.8) is 0 Å². The zero-order valence-electron chi connectivity index (χ0n) is 28.5. The van der Waals surface area contributed by atoms with Crippen molar-refractivity contribution in [1.29, 1.82) is 0 Å². The lowest BCUT2D eigenvalue weighted by atomic mass is 9.89. The predicted octanol–water partition coefficient (Wildman–Crippen LogP) is 12.3. The number of rotatable bonds is 5. The zero-order chi connectivity index (χ0) is 34.8. The Morgan fingerprint density at radius 1 is 0.423 bits per heavy atom. The Kier molecular flexibility index (Phi) is 7.05. The smallest absolute Gasteiger partial charge is 0.164 e. The van der Waals surface area contributed by atoms with E-state index in [1.165, 1.54) is 58.4 Å². The van der Waals surface area contributed by atoms with E-state index in [1.54, 1.807) is 0 Å². The zero-order valence-corrected chi connectivity index (χ0v) is 29.3. The first-order valence-electron chi connectivity index (χ1n) is 17.5. The number of hydrogen-bond acceptors (Lipinski definition) is 4. The van der Waals surface area contributed by atoms with Crippen LogP contribution in [0, 0.1) is 6.92 Å². The fourth-order valence-corrected chi connectivity index (χ4v) is 8.82. The van der Waals surface area contributed by atoms with Crippen LogP contribution in [0.2, 0.25) is 0 Å². The van der Waals surface area contributed by atoms with Crippen LogP contribution in [0.25, 0.3) is 105 Å². The van der Waals surface area contributed by atoms with Crippen LogP contribution >= 0.6 is 11.3 Å². The maximum atomic E-state index is 5.17. The molecule has 0 unspecified atom stereocenters. The summed E-state index contributed by atoms with van der Waals surface area (Å²) in [5.74, 6) is 1.95. The SMILES string of the molecule is C=c1ccc2ccc(-c3ccc(-c4c(-c5nc(-c6ccccc6)nc(-c6ccccc6)n5)ccc5sc6ccccc6c45)cc3)c3ccc(C)c1c23. The molecule has 3 nitrogen and oxygen atoms in total. The maximum Gasteiger partial charge on any atom is 0.164 e. The lowest BCUT2D eigenvalue weighted by molar-refractivity contribution is 1.07. The fourth-order valence-electron chi connectivity index (χ4n) is 7.70. The van der Waals surface area contributed by atoms with Gasteiger partial charge in [0.2, 0.25) is 0 Å². The van der Waals surface area contributed by atoms with Crippen molar-refractivity contribution in [2.45, 2.75) is 6.92 Å². The molecule has 0 aliphatic rings. The number of benzene rings is 8. The van der Waals surface area contributed by atoms with Gasteiger partial charge < -0.3 is 0 Å². The molecule has 0 saturated carbocycles. The normalized spacial score (nSPS) is 11.6. The van der Waals surface area contributed by atoms with E-state index in [1.807, 2.05) is 47.7 Å². The number of nitrogens with zero attached hydrogens (tertiary/aromatic N) is 3. The standard InChI is InChI=1S/C48H31N3S/c1-29-17-19-32-24-26-36(37-25-18-30(2)42(29)43(32)37)31-20-22-33(23-21-31)44-39(27-28-41-45(44)38-15-9-10-16-40(38)52-41)48-50-46(34-11-5-3-6-12-34)49-47(51-48)35-13-7-4-8-14-35/h3-28H,1H2,2H3. The monoisotopic (exact) mass is 681 g/mol. The summed E-state index contributed by atoms with van der Waals surface area (Å²) in [6.07, 6.45) is 0. The highest BCUT2D eigenvalue weighted by atomic mass is 32.1. The highest BCUT2D eigenvalue weighted by Crippen LogP contribution is 2.45. The van der Waals surface area contributed by atoms with Gasteiger partial charge in [-0.2, -0.15) is 0 Å². The molecular formula is C48H31N3S. The summed E-state index contributed by atoms with van der Waals surface area (Å²) in [5.41, 5.74) is 8.76. The van der Waals surface area contributed by atoms with Gasteiger partial charge in [0.05, 0.1) is 0 Å². The number of thiophene rings is 1.